The molecule has 0 radical (unpaired) electrons. The van der Waals surface area contributed by atoms with Gasteiger partial charge in [0.1, 0.15) is 0 Å². The van der Waals surface area contributed by atoms with Gasteiger partial charge >= 0.3 is 5.97 Å². The summed E-state index contributed by atoms with van der Waals surface area (Å²) in [5.41, 5.74) is -0.0310. The van der Waals surface area contributed by atoms with Crippen molar-refractivity contribution in [2.24, 2.45) is 0 Å². The van der Waals surface area contributed by atoms with E-state index in [1.54, 1.807) is 0 Å². The molecule has 0 aromatic heterocycles. The second-order valence-corrected chi connectivity index (χ2v) is 6.93. The standard InChI is InChI=1S/C15H22O5S/c1-2-3-4-5-9-20-10-11-21(18,19)14-8-6-7-13(12-14)15(16)17/h6-8,12H,2-5,9-11H2,1H3,(H,16,17). The Bertz CT molecular complexity index is 551. The molecule has 0 bridgehead atoms. The zero-order valence-electron chi connectivity index (χ0n) is 12.2. The number of sulfone groups is 1. The lowest BCUT2D eigenvalue weighted by molar-refractivity contribution is 0.0696. The van der Waals surface area contributed by atoms with Gasteiger partial charge in [-0.15, -0.1) is 0 Å². The van der Waals surface area contributed by atoms with Crippen molar-refractivity contribution >= 4 is 15.8 Å². The van der Waals surface area contributed by atoms with Crippen molar-refractivity contribution in [3.63, 3.8) is 0 Å². The highest BCUT2D eigenvalue weighted by Gasteiger charge is 2.16. The Kier molecular flexibility index (Phi) is 7.39. The van der Waals surface area contributed by atoms with Crippen molar-refractivity contribution in [3.05, 3.63) is 29.8 Å². The number of hydrogen-bond donors (Lipinski definition) is 1. The lowest BCUT2D eigenvalue weighted by Crippen LogP contribution is -2.13. The summed E-state index contributed by atoms with van der Waals surface area (Å²) in [5.74, 6) is -1.27. The van der Waals surface area contributed by atoms with Gasteiger partial charge in [0.25, 0.3) is 0 Å². The first-order valence-electron chi connectivity index (χ1n) is 7.11. The summed E-state index contributed by atoms with van der Waals surface area (Å²) in [6, 6.07) is 5.38. The maximum absolute atomic E-state index is 12.1. The van der Waals surface area contributed by atoms with Crippen LogP contribution in [0.3, 0.4) is 0 Å². The molecule has 0 atom stereocenters. The summed E-state index contributed by atoms with van der Waals surface area (Å²) in [4.78, 5) is 10.9. The Morgan fingerprint density at radius 3 is 2.62 bits per heavy atom. The zero-order valence-corrected chi connectivity index (χ0v) is 13.1. The molecule has 0 unspecified atom stereocenters. The molecular weight excluding hydrogens is 292 g/mol. The van der Waals surface area contributed by atoms with Crippen LogP contribution in [0.5, 0.6) is 0 Å². The van der Waals surface area contributed by atoms with E-state index in [1.807, 2.05) is 0 Å². The molecule has 1 aromatic rings. The van der Waals surface area contributed by atoms with Gasteiger partial charge in [0, 0.05) is 6.61 Å². The fourth-order valence-electron chi connectivity index (χ4n) is 1.84. The van der Waals surface area contributed by atoms with Gasteiger partial charge in [0.2, 0.25) is 0 Å². The second kappa shape index (κ2) is 8.79. The number of rotatable bonds is 10. The molecule has 0 saturated heterocycles. The molecule has 0 amide bonds. The molecule has 1 aromatic carbocycles. The maximum atomic E-state index is 12.1. The molecule has 0 saturated carbocycles. The Morgan fingerprint density at radius 1 is 1.19 bits per heavy atom. The van der Waals surface area contributed by atoms with Crippen molar-refractivity contribution in [1.29, 1.82) is 0 Å². The monoisotopic (exact) mass is 314 g/mol. The average Bonchev–Trinajstić information content (AvgIpc) is 2.46. The summed E-state index contributed by atoms with van der Waals surface area (Å²) < 4.78 is 29.5. The van der Waals surface area contributed by atoms with E-state index in [0.717, 1.165) is 25.7 Å². The number of carbonyl (C=O) groups is 1. The molecule has 0 aliphatic rings. The molecular formula is C15H22O5S. The predicted octanol–water partition coefficient (Wildman–Crippen LogP) is 2.76. The molecule has 0 aliphatic carbocycles. The lowest BCUT2D eigenvalue weighted by atomic mass is 10.2. The molecule has 5 nitrogen and oxygen atoms in total. The van der Waals surface area contributed by atoms with E-state index >= 15 is 0 Å². The third-order valence-electron chi connectivity index (χ3n) is 3.08. The number of aromatic carboxylic acids is 1. The van der Waals surface area contributed by atoms with Crippen molar-refractivity contribution < 1.29 is 23.1 Å². The smallest absolute Gasteiger partial charge is 0.335 e. The molecule has 0 spiro atoms. The highest BCUT2D eigenvalue weighted by atomic mass is 32.2. The highest BCUT2D eigenvalue weighted by Crippen LogP contribution is 2.13. The van der Waals surface area contributed by atoms with E-state index in [1.165, 1.54) is 24.3 Å². The largest absolute Gasteiger partial charge is 0.478 e. The van der Waals surface area contributed by atoms with E-state index in [2.05, 4.69) is 6.92 Å². The van der Waals surface area contributed by atoms with Crippen LogP contribution in [-0.4, -0.2) is 38.5 Å². The third kappa shape index (κ3) is 6.27. The van der Waals surface area contributed by atoms with Gasteiger partial charge in [-0.25, -0.2) is 13.2 Å². The molecule has 21 heavy (non-hydrogen) atoms. The number of hydrogen-bond acceptors (Lipinski definition) is 4. The first-order chi connectivity index (χ1) is 9.97. The Labute approximate surface area is 125 Å². The van der Waals surface area contributed by atoms with Crippen molar-refractivity contribution in [2.75, 3.05) is 19.0 Å². The number of ether oxygens (including phenoxy) is 1. The molecule has 1 rings (SSSR count). The van der Waals surface area contributed by atoms with E-state index in [4.69, 9.17) is 9.84 Å². The summed E-state index contributed by atoms with van der Waals surface area (Å²) in [6.07, 6.45) is 4.32. The van der Waals surface area contributed by atoms with Gasteiger partial charge in [-0.1, -0.05) is 32.3 Å². The molecule has 0 heterocycles. The highest BCUT2D eigenvalue weighted by molar-refractivity contribution is 7.91. The minimum absolute atomic E-state index is 0.0250. The number of benzene rings is 1. The first-order valence-corrected chi connectivity index (χ1v) is 8.76. The van der Waals surface area contributed by atoms with Gasteiger partial charge < -0.3 is 9.84 Å². The third-order valence-corrected chi connectivity index (χ3v) is 4.76. The fraction of sp³-hybridized carbons (Fsp3) is 0.533. The second-order valence-electron chi connectivity index (χ2n) is 4.82. The van der Waals surface area contributed by atoms with Crippen molar-refractivity contribution in [3.8, 4) is 0 Å². The van der Waals surface area contributed by atoms with Crippen LogP contribution >= 0.6 is 0 Å². The van der Waals surface area contributed by atoms with Gasteiger partial charge in [0.15, 0.2) is 9.84 Å². The predicted molar refractivity (Wildman–Crippen MR) is 80.4 cm³/mol. The molecule has 6 heteroatoms. The van der Waals surface area contributed by atoms with Crippen molar-refractivity contribution in [1.82, 2.24) is 0 Å². The van der Waals surface area contributed by atoms with Crippen LogP contribution in [0.15, 0.2) is 29.2 Å². The Hall–Kier alpha value is -1.40. The van der Waals surface area contributed by atoms with Gasteiger partial charge in [-0.3, -0.25) is 0 Å². The lowest BCUT2D eigenvalue weighted by Gasteiger charge is -2.06. The van der Waals surface area contributed by atoms with Gasteiger partial charge in [-0.2, -0.15) is 0 Å². The summed E-state index contributed by atoms with van der Waals surface area (Å²) in [7, 11) is -3.50. The van der Waals surface area contributed by atoms with Crippen molar-refractivity contribution in [2.45, 2.75) is 37.5 Å². The SMILES string of the molecule is CCCCCCOCCS(=O)(=O)c1cccc(C(=O)O)c1. The quantitative estimate of drug-likeness (QED) is 0.672. The van der Waals surface area contributed by atoms with Crippen LogP contribution in [0, 0.1) is 0 Å². The molecule has 0 fully saturated rings. The zero-order chi connectivity index (χ0) is 15.7. The Balaban J connectivity index is 2.46. The average molecular weight is 314 g/mol. The van der Waals surface area contributed by atoms with Crippen LogP contribution in [0.2, 0.25) is 0 Å². The number of carboxylic acids is 1. The van der Waals surface area contributed by atoms with Crippen LogP contribution in [-0.2, 0) is 14.6 Å². The van der Waals surface area contributed by atoms with Gasteiger partial charge in [0.05, 0.1) is 22.8 Å². The minimum Gasteiger partial charge on any atom is -0.478 e. The summed E-state index contributed by atoms with van der Waals surface area (Å²) in [5, 5.41) is 8.87. The molecule has 118 valence electrons. The van der Waals surface area contributed by atoms with Crippen LogP contribution in [0.25, 0.3) is 0 Å². The van der Waals surface area contributed by atoms with Crippen LogP contribution in [0.1, 0.15) is 43.0 Å². The minimum atomic E-state index is -3.50. The number of carboxylic acid groups (broad SMARTS) is 1. The first kappa shape index (κ1) is 17.7. The number of unbranched alkanes of at least 4 members (excludes halogenated alkanes) is 3. The van der Waals surface area contributed by atoms with E-state index in [0.29, 0.717) is 6.61 Å². The topological polar surface area (TPSA) is 80.7 Å². The van der Waals surface area contributed by atoms with E-state index in [9.17, 15) is 13.2 Å². The summed E-state index contributed by atoms with van der Waals surface area (Å²) >= 11 is 0. The molecule has 0 aliphatic heterocycles. The van der Waals surface area contributed by atoms with Gasteiger partial charge in [-0.05, 0) is 24.6 Å². The molecule has 1 N–H and O–H groups in total. The fourth-order valence-corrected chi connectivity index (χ4v) is 3.01. The van der Waals surface area contributed by atoms with E-state index in [-0.39, 0.29) is 22.8 Å². The maximum Gasteiger partial charge on any atom is 0.335 e. The summed E-state index contributed by atoms with van der Waals surface area (Å²) in [6.45, 7) is 2.81. The Morgan fingerprint density at radius 2 is 1.95 bits per heavy atom. The van der Waals surface area contributed by atoms with Crippen LogP contribution in [0.4, 0.5) is 0 Å². The normalized spacial score (nSPS) is 11.5. The van der Waals surface area contributed by atoms with Crippen LogP contribution < -0.4 is 0 Å². The van der Waals surface area contributed by atoms with E-state index < -0.39 is 15.8 Å².